The summed E-state index contributed by atoms with van der Waals surface area (Å²) in [6.45, 7) is 23.4. The Balaban J connectivity index is 0.000000444. The van der Waals surface area contributed by atoms with Gasteiger partial charge in [-0.1, -0.05) is 56.9 Å². The molecule has 2 heteroatoms. The number of halogens is 1. The molecule has 0 aliphatic heterocycles. The zero-order valence-electron chi connectivity index (χ0n) is 22.7. The van der Waals surface area contributed by atoms with Crippen LogP contribution < -0.4 is 0 Å². The summed E-state index contributed by atoms with van der Waals surface area (Å²) in [5, 5.41) is 0. The van der Waals surface area contributed by atoms with Gasteiger partial charge in [-0.05, 0) is 109 Å². The largest absolute Gasteiger partial charge is 0.258 e. The Hall–Kier alpha value is -1.60. The zero-order chi connectivity index (χ0) is 24.8. The lowest BCUT2D eigenvalue weighted by atomic mass is 10.00. The van der Waals surface area contributed by atoms with Crippen LogP contribution in [-0.4, -0.2) is 10.9 Å². The monoisotopic (exact) mass is 457 g/mol. The van der Waals surface area contributed by atoms with E-state index >= 15 is 0 Å². The molecule has 0 saturated heterocycles. The van der Waals surface area contributed by atoms with Crippen LogP contribution in [0.25, 0.3) is 5.57 Å². The number of aryl methyl sites for hydroxylation is 6. The minimum Gasteiger partial charge on any atom is -0.258 e. The van der Waals surface area contributed by atoms with E-state index in [-0.39, 0.29) is 0 Å². The van der Waals surface area contributed by atoms with Gasteiger partial charge in [0.2, 0.25) is 0 Å². The summed E-state index contributed by atoms with van der Waals surface area (Å²) >= 11 is 5.19. The maximum atomic E-state index is 5.19. The molecule has 2 aromatic rings. The van der Waals surface area contributed by atoms with Crippen molar-refractivity contribution in [1.29, 1.82) is 0 Å². The Morgan fingerprint density at radius 3 is 1.75 bits per heavy atom. The van der Waals surface area contributed by atoms with Crippen molar-refractivity contribution in [3.05, 3.63) is 69.0 Å². The van der Waals surface area contributed by atoms with E-state index in [9.17, 15) is 0 Å². The van der Waals surface area contributed by atoms with Crippen LogP contribution in [0.1, 0.15) is 98.1 Å². The second-order valence-electron chi connectivity index (χ2n) is 9.08. The highest BCUT2D eigenvalue weighted by Crippen LogP contribution is 2.31. The summed E-state index contributed by atoms with van der Waals surface area (Å²) < 4.78 is 0. The molecule has 1 fully saturated rings. The maximum absolute atomic E-state index is 5.19. The molecule has 0 N–H and O–H groups in total. The van der Waals surface area contributed by atoms with Gasteiger partial charge in [0.15, 0.2) is 0 Å². The van der Waals surface area contributed by atoms with E-state index in [1.54, 1.807) is 0 Å². The molecule has 180 valence electrons. The van der Waals surface area contributed by atoms with E-state index in [0.29, 0.717) is 0 Å². The number of pyridine rings is 1. The molecule has 1 aliphatic rings. The van der Waals surface area contributed by atoms with E-state index in [2.05, 4.69) is 91.6 Å². The van der Waals surface area contributed by atoms with E-state index in [1.165, 1.54) is 58.2 Å². The smallest absolute Gasteiger partial charge is 0.0453 e. The Labute approximate surface area is 204 Å². The van der Waals surface area contributed by atoms with Gasteiger partial charge >= 0.3 is 0 Å². The van der Waals surface area contributed by atoms with Crippen LogP contribution >= 0.6 is 11.6 Å². The van der Waals surface area contributed by atoms with Gasteiger partial charge in [0, 0.05) is 22.8 Å². The highest BCUT2D eigenvalue weighted by Gasteiger charge is 2.17. The lowest BCUT2D eigenvalue weighted by molar-refractivity contribution is 0.799. The lowest BCUT2D eigenvalue weighted by Gasteiger charge is -2.10. The number of nitrogens with zero attached hydrogens (tertiary/aromatic N) is 1. The van der Waals surface area contributed by atoms with Crippen molar-refractivity contribution < 1.29 is 0 Å². The average Bonchev–Trinajstić information content (AvgIpc) is 3.57. The number of rotatable bonds is 3. The molecule has 3 rings (SSSR count). The second-order valence-corrected chi connectivity index (χ2v) is 9.45. The minimum atomic E-state index is 0.792. The van der Waals surface area contributed by atoms with Gasteiger partial charge in [0.1, 0.15) is 0 Å². The number of hydrogen-bond acceptors (Lipinski definition) is 1. The first-order valence-electron chi connectivity index (χ1n) is 12.2. The van der Waals surface area contributed by atoms with Crippen LogP contribution in [0.2, 0.25) is 0 Å². The number of allylic oxidation sites excluding steroid dienone is 2. The van der Waals surface area contributed by atoms with Crippen molar-refractivity contribution in [3.63, 3.8) is 0 Å². The van der Waals surface area contributed by atoms with Gasteiger partial charge in [-0.3, -0.25) is 4.98 Å². The first-order valence-corrected chi connectivity index (χ1v) is 12.7. The third kappa shape index (κ3) is 11.9. The Kier molecular flexibility index (Phi) is 15.3. The number of benzene rings is 1. The van der Waals surface area contributed by atoms with Gasteiger partial charge in [-0.25, -0.2) is 0 Å². The summed E-state index contributed by atoms with van der Waals surface area (Å²) in [6, 6.07) is 6.58. The second kappa shape index (κ2) is 16.1. The van der Waals surface area contributed by atoms with Crippen molar-refractivity contribution >= 4 is 17.2 Å². The Morgan fingerprint density at radius 2 is 1.44 bits per heavy atom. The quantitative estimate of drug-likeness (QED) is 0.417. The van der Waals surface area contributed by atoms with Crippen LogP contribution in [0, 0.1) is 54.4 Å². The van der Waals surface area contributed by atoms with Crippen molar-refractivity contribution in [2.45, 2.75) is 102 Å². The van der Waals surface area contributed by atoms with Gasteiger partial charge in [0.25, 0.3) is 0 Å². The molecule has 1 saturated carbocycles. The molecule has 0 bridgehead atoms. The Bertz CT molecular complexity index is 796. The van der Waals surface area contributed by atoms with Crippen molar-refractivity contribution in [2.75, 3.05) is 5.88 Å². The molecule has 0 amide bonds. The summed E-state index contributed by atoms with van der Waals surface area (Å²) in [7, 11) is 0. The molecule has 0 spiro atoms. The fourth-order valence-corrected chi connectivity index (χ4v) is 3.54. The average molecular weight is 458 g/mol. The molecule has 1 aromatic carbocycles. The SMILES string of the molecule is C/C=C(/C)c1c(C)cc(C)nc1C.CCC1CC1.CCCCl.Cc1cc(C)c(C)c(C)c1. The van der Waals surface area contributed by atoms with E-state index in [0.717, 1.165) is 29.6 Å². The van der Waals surface area contributed by atoms with Crippen molar-refractivity contribution in [2.24, 2.45) is 5.92 Å². The molecule has 32 heavy (non-hydrogen) atoms. The molecule has 1 nitrogen and oxygen atoms in total. The van der Waals surface area contributed by atoms with E-state index in [1.807, 2.05) is 13.8 Å². The predicted molar refractivity (Wildman–Crippen MR) is 147 cm³/mol. The van der Waals surface area contributed by atoms with Crippen LogP contribution in [-0.2, 0) is 0 Å². The van der Waals surface area contributed by atoms with E-state index < -0.39 is 0 Å². The van der Waals surface area contributed by atoms with Gasteiger partial charge < -0.3 is 0 Å². The third-order valence-corrected chi connectivity index (χ3v) is 6.27. The van der Waals surface area contributed by atoms with E-state index in [4.69, 9.17) is 11.6 Å². The summed E-state index contributed by atoms with van der Waals surface area (Å²) in [5.41, 5.74) is 11.7. The first kappa shape index (κ1) is 30.4. The topological polar surface area (TPSA) is 12.9 Å². The molecular weight excluding hydrogens is 410 g/mol. The number of hydrogen-bond donors (Lipinski definition) is 0. The fraction of sp³-hybridized carbons (Fsp3) is 0.567. The highest BCUT2D eigenvalue weighted by atomic mass is 35.5. The zero-order valence-corrected chi connectivity index (χ0v) is 23.5. The van der Waals surface area contributed by atoms with Crippen LogP contribution in [0.5, 0.6) is 0 Å². The van der Waals surface area contributed by atoms with Crippen LogP contribution in [0.3, 0.4) is 0 Å². The normalized spacial score (nSPS) is 12.6. The third-order valence-electron chi connectivity index (χ3n) is 5.89. The summed E-state index contributed by atoms with van der Waals surface area (Å²) in [5.74, 6) is 1.93. The predicted octanol–water partition coefficient (Wildman–Crippen LogP) is 9.79. The standard InChI is InChI=1S/C12H17N.C10H14.C5H10.C3H7Cl/c1-6-8(2)12-9(3)7-10(4)13-11(12)5;1-7-5-8(2)10(4)9(3)6-7;1-2-5-3-4-5;1-2-3-4/h6-7H,1-5H3;5-6H,1-4H3;5H,2-4H2,1H3;2-3H2,1H3/b8-6-;;;. The molecule has 0 atom stereocenters. The van der Waals surface area contributed by atoms with Crippen molar-refractivity contribution in [1.82, 2.24) is 4.98 Å². The lowest BCUT2D eigenvalue weighted by Crippen LogP contribution is -1.96. The fourth-order valence-electron chi connectivity index (χ4n) is 3.54. The van der Waals surface area contributed by atoms with Crippen LogP contribution in [0.4, 0.5) is 0 Å². The highest BCUT2D eigenvalue weighted by molar-refractivity contribution is 6.17. The number of alkyl halides is 1. The summed E-state index contributed by atoms with van der Waals surface area (Å²) in [4.78, 5) is 4.46. The van der Waals surface area contributed by atoms with Crippen LogP contribution in [0.15, 0.2) is 24.3 Å². The molecule has 1 aromatic heterocycles. The van der Waals surface area contributed by atoms with Gasteiger partial charge in [0.05, 0.1) is 0 Å². The Morgan fingerprint density at radius 1 is 0.938 bits per heavy atom. The molecule has 1 heterocycles. The number of aromatic nitrogens is 1. The first-order chi connectivity index (χ1) is 15.0. The molecule has 0 radical (unpaired) electrons. The molecular formula is C30H48ClN. The van der Waals surface area contributed by atoms with Gasteiger partial charge in [-0.2, -0.15) is 0 Å². The van der Waals surface area contributed by atoms with Gasteiger partial charge in [-0.15, -0.1) is 11.6 Å². The molecule has 1 aliphatic carbocycles. The maximum Gasteiger partial charge on any atom is 0.0453 e. The minimum absolute atomic E-state index is 0.792. The summed E-state index contributed by atoms with van der Waals surface area (Å²) in [6.07, 6.45) is 7.65. The van der Waals surface area contributed by atoms with Crippen molar-refractivity contribution in [3.8, 4) is 0 Å². The molecule has 0 unspecified atom stereocenters.